The number of nitrogens with one attached hydrogen (secondary N) is 3. The Labute approximate surface area is 478 Å². The van der Waals surface area contributed by atoms with Crippen LogP contribution in [0.25, 0.3) is 16.9 Å². The van der Waals surface area contributed by atoms with Crippen LogP contribution in [0.1, 0.15) is 198 Å². The van der Waals surface area contributed by atoms with Crippen molar-refractivity contribution in [2.45, 2.75) is 168 Å². The molecule has 12 fully saturated rings. The number of amides is 3. The largest absolute Gasteiger partial charge is 0.466 e. The lowest BCUT2D eigenvalue weighted by atomic mass is 9.49. The number of carbonyl (C=O) groups excluding carboxylic acids is 4. The molecule has 12 aliphatic carbocycles. The highest BCUT2D eigenvalue weighted by Crippen LogP contribution is 2.62. The molecule has 0 spiro atoms. The number of carbonyl (C=O) groups is 4. The predicted molar refractivity (Wildman–Crippen MR) is 313 cm³/mol. The van der Waals surface area contributed by atoms with Crippen molar-refractivity contribution >= 4 is 40.6 Å². The van der Waals surface area contributed by atoms with Crippen molar-refractivity contribution in [1.82, 2.24) is 44.1 Å². The smallest absolute Gasteiger partial charge is 0.311 e. The van der Waals surface area contributed by atoms with Gasteiger partial charge in [-0.1, -0.05) is 44.9 Å². The Morgan fingerprint density at radius 3 is 1.01 bits per heavy atom. The average Bonchev–Trinajstić information content (AvgIpc) is 4.27. The molecule has 0 unspecified atom stereocenters. The van der Waals surface area contributed by atoms with Crippen molar-refractivity contribution < 1.29 is 23.9 Å². The van der Waals surface area contributed by atoms with Gasteiger partial charge < -0.3 is 20.7 Å². The summed E-state index contributed by atoms with van der Waals surface area (Å²) in [6.07, 6.45) is 34.7. The maximum absolute atomic E-state index is 13.0. The van der Waals surface area contributed by atoms with Crippen molar-refractivity contribution in [3.05, 3.63) is 107 Å². The van der Waals surface area contributed by atoms with E-state index in [1.807, 2.05) is 75.8 Å². The van der Waals surface area contributed by atoms with E-state index in [0.717, 1.165) is 121 Å². The summed E-state index contributed by atoms with van der Waals surface area (Å²) in [5.41, 5.74) is 8.20. The lowest BCUT2D eigenvalue weighted by Gasteiger charge is -2.56. The first-order chi connectivity index (χ1) is 39.3. The number of esters is 1. The van der Waals surface area contributed by atoms with E-state index in [-0.39, 0.29) is 30.1 Å². The summed E-state index contributed by atoms with van der Waals surface area (Å²) in [6.45, 7) is 8.92. The molecule has 14 nitrogen and oxygen atoms in total. The van der Waals surface area contributed by atoms with Gasteiger partial charge >= 0.3 is 5.97 Å². The van der Waals surface area contributed by atoms with Crippen LogP contribution in [0.3, 0.4) is 0 Å². The Kier molecular flexibility index (Phi) is 14.9. The van der Waals surface area contributed by atoms with Gasteiger partial charge in [0, 0.05) is 38.2 Å². The number of ether oxygens (including phenoxy) is 1. The van der Waals surface area contributed by atoms with Gasteiger partial charge in [0.15, 0.2) is 0 Å². The highest BCUT2D eigenvalue weighted by Gasteiger charge is 2.53. The summed E-state index contributed by atoms with van der Waals surface area (Å²) < 4.78 is 10.7. The van der Waals surface area contributed by atoms with Gasteiger partial charge in [-0.2, -0.15) is 0 Å². The number of aryl methyl sites for hydroxylation is 2. The summed E-state index contributed by atoms with van der Waals surface area (Å²) in [4.78, 5) is 64.5. The first kappa shape index (κ1) is 54.2. The van der Waals surface area contributed by atoms with E-state index in [2.05, 4.69) is 44.7 Å². The normalized spacial score (nSPS) is 31.4. The van der Waals surface area contributed by atoms with Crippen molar-refractivity contribution in [2.24, 2.45) is 69.5 Å². The van der Waals surface area contributed by atoms with Crippen LogP contribution in [0.5, 0.6) is 0 Å². The summed E-state index contributed by atoms with van der Waals surface area (Å²) in [5.74, 6) is 7.90. The molecule has 430 valence electrons. The van der Waals surface area contributed by atoms with Gasteiger partial charge in [0.2, 0.25) is 0 Å². The van der Waals surface area contributed by atoms with E-state index in [4.69, 9.17) is 4.74 Å². The Morgan fingerprint density at radius 1 is 0.444 bits per heavy atom. The van der Waals surface area contributed by atoms with Crippen LogP contribution >= 0.6 is 0 Å². The van der Waals surface area contributed by atoms with E-state index in [9.17, 15) is 19.2 Å². The highest BCUT2D eigenvalue weighted by molar-refractivity contribution is 5.94. The lowest BCUT2D eigenvalue weighted by molar-refractivity contribution is -0.142. The maximum Gasteiger partial charge on any atom is 0.311 e. The summed E-state index contributed by atoms with van der Waals surface area (Å²) >= 11 is 0. The Bertz CT molecular complexity index is 3060. The second-order valence-electron chi connectivity index (χ2n) is 27.9. The second-order valence-corrected chi connectivity index (χ2v) is 27.9. The molecule has 0 aliphatic heterocycles. The zero-order valence-electron chi connectivity index (χ0n) is 48.4. The minimum atomic E-state index is -0.302. The molecule has 3 amide bonds. The zero-order chi connectivity index (χ0) is 55.5. The molecule has 3 N–H and O–H groups in total. The number of hydrogen-bond donors (Lipinski definition) is 3. The Balaban J connectivity index is 0.000000115. The number of rotatable bonds is 16. The number of fused-ring (bicyclic) bond motifs is 3. The van der Waals surface area contributed by atoms with Crippen LogP contribution in [0, 0.1) is 69.5 Å². The lowest BCUT2D eigenvalue weighted by Crippen LogP contribution is -2.51. The van der Waals surface area contributed by atoms with Gasteiger partial charge in [-0.25, -0.2) is 15.0 Å². The molecule has 12 saturated carbocycles. The van der Waals surface area contributed by atoms with Crippen molar-refractivity contribution in [1.29, 1.82) is 0 Å². The molecule has 12 bridgehead atoms. The summed E-state index contributed by atoms with van der Waals surface area (Å²) in [6, 6.07) is 17.2. The van der Waals surface area contributed by atoms with E-state index in [1.54, 1.807) is 17.5 Å². The van der Waals surface area contributed by atoms with Gasteiger partial charge in [-0.15, -0.1) is 0 Å². The van der Waals surface area contributed by atoms with Crippen LogP contribution in [0.4, 0.5) is 0 Å². The molecule has 14 heteroatoms. The first-order valence-corrected chi connectivity index (χ1v) is 31.7. The van der Waals surface area contributed by atoms with Crippen LogP contribution in [-0.4, -0.2) is 78.1 Å². The first-order valence-electron chi connectivity index (χ1n) is 31.7. The zero-order valence-corrected chi connectivity index (χ0v) is 48.4. The number of nitrogens with zero attached hydrogens (tertiary/aromatic N) is 6. The standard InChI is InChI=1S/C23H29N3O3.2C22H29N3O/c1-2-29-21(27)9-18-13-26-19(4-3-5-20(26)25-18)22(28)24-14-23-10-15-6-16(11-23)8-17(7-15)12-23;2*1-2-4-18-13-25-19(5-3-6-20(25)24-18)21(26)23-14-22-10-15-7-16(11-22)9-17(8-15)12-22/h3-5,13,15-17H,2,6-12,14H2,1H3,(H,24,28);2*3,5-6,13,15-17H,2,4,7-12,14H2,1H3,(H,23,26). The van der Waals surface area contributed by atoms with Crippen molar-refractivity contribution in [2.75, 3.05) is 26.2 Å². The van der Waals surface area contributed by atoms with Gasteiger partial charge in [0.05, 0.1) is 30.1 Å². The molecular weight excluding hydrogens is 1010 g/mol. The fourth-order valence-corrected chi connectivity index (χ4v) is 19.5. The van der Waals surface area contributed by atoms with Crippen molar-refractivity contribution in [3.8, 4) is 0 Å². The average molecular weight is 1100 g/mol. The van der Waals surface area contributed by atoms with Crippen LogP contribution in [-0.2, 0) is 28.8 Å². The molecule has 0 radical (unpaired) electrons. The molecule has 0 atom stereocenters. The topological polar surface area (TPSA) is 166 Å². The molecule has 6 heterocycles. The van der Waals surface area contributed by atoms with Gasteiger partial charge in [-0.05, 0) is 241 Å². The van der Waals surface area contributed by atoms with E-state index in [1.165, 1.54) is 116 Å². The van der Waals surface area contributed by atoms with E-state index < -0.39 is 0 Å². The van der Waals surface area contributed by atoms with Crippen LogP contribution in [0.15, 0.2) is 73.2 Å². The van der Waals surface area contributed by atoms with Crippen molar-refractivity contribution in [3.63, 3.8) is 0 Å². The molecule has 6 aromatic rings. The summed E-state index contributed by atoms with van der Waals surface area (Å²) in [5, 5.41) is 9.84. The van der Waals surface area contributed by atoms with Gasteiger partial charge in [0.1, 0.15) is 34.0 Å². The fraction of sp³-hybridized carbons (Fsp3) is 0.627. The van der Waals surface area contributed by atoms with Gasteiger partial charge in [0.25, 0.3) is 17.7 Å². The van der Waals surface area contributed by atoms with E-state index in [0.29, 0.717) is 51.3 Å². The monoisotopic (exact) mass is 1100 g/mol. The Hall–Kier alpha value is -6.05. The van der Waals surface area contributed by atoms with Gasteiger partial charge in [-0.3, -0.25) is 32.4 Å². The number of hydrogen-bond acceptors (Lipinski definition) is 8. The maximum atomic E-state index is 13.0. The molecule has 81 heavy (non-hydrogen) atoms. The number of pyridine rings is 3. The highest BCUT2D eigenvalue weighted by atomic mass is 16.5. The molecule has 0 saturated heterocycles. The third kappa shape index (κ3) is 11.3. The third-order valence-corrected chi connectivity index (χ3v) is 21.3. The molecule has 6 aromatic heterocycles. The minimum Gasteiger partial charge on any atom is -0.466 e. The minimum absolute atomic E-state index is 0.0480. The molecule has 12 aliphatic rings. The van der Waals surface area contributed by atoms with Crippen LogP contribution < -0.4 is 16.0 Å². The summed E-state index contributed by atoms with van der Waals surface area (Å²) in [7, 11) is 0. The quantitative estimate of drug-likeness (QED) is 0.0806. The SMILES string of the molecule is CCCc1cn2c(C(=O)NCC34CC5CC(CC(C5)C3)C4)cccc2n1.CCCc1cn2c(C(=O)NCC34CC5CC(CC(C5)C3)C4)cccc2n1.CCOC(=O)Cc1cn2c(C(=O)NCC34CC5CC(CC(C5)C3)C4)cccc2n1. The molecular formula is C67H87N9O5. The second kappa shape index (κ2) is 22.3. The third-order valence-electron chi connectivity index (χ3n) is 21.3. The number of aromatic nitrogens is 6. The Morgan fingerprint density at radius 2 is 0.728 bits per heavy atom. The van der Waals surface area contributed by atoms with Crippen LogP contribution in [0.2, 0.25) is 0 Å². The fourth-order valence-electron chi connectivity index (χ4n) is 19.5. The molecule has 18 rings (SSSR count). The predicted octanol–water partition coefficient (Wildman–Crippen LogP) is 11.9. The molecule has 0 aromatic carbocycles. The van der Waals surface area contributed by atoms with E-state index >= 15 is 0 Å². The number of imidazole rings is 3.